The number of allylic oxidation sites excluding steroid dienone is 8. The lowest BCUT2D eigenvalue weighted by Gasteiger charge is -2.09. The Morgan fingerprint density at radius 1 is 1.11 bits per heavy atom. The van der Waals surface area contributed by atoms with Crippen molar-refractivity contribution in [2.45, 2.75) is 45.1 Å². The molecule has 3 heteroatoms. The topological polar surface area (TPSA) is 49.7 Å². The summed E-state index contributed by atoms with van der Waals surface area (Å²) in [6, 6.07) is 7.52. The Hall–Kier alpha value is -2.52. The lowest BCUT2D eigenvalue weighted by molar-refractivity contribution is 0.178. The molecule has 3 nitrogen and oxygen atoms in total. The highest BCUT2D eigenvalue weighted by Crippen LogP contribution is 2.15. The van der Waals surface area contributed by atoms with E-state index in [-0.39, 0.29) is 5.76 Å². The zero-order valence-corrected chi connectivity index (χ0v) is 16.3. The van der Waals surface area contributed by atoms with Crippen LogP contribution in [-0.2, 0) is 6.42 Å². The second kappa shape index (κ2) is 14.6. The molecule has 0 aromatic heterocycles. The smallest absolute Gasteiger partial charge is 0.119 e. The molecule has 1 rings (SSSR count). The van der Waals surface area contributed by atoms with Crippen LogP contribution in [0.3, 0.4) is 0 Å². The number of hydrogen-bond acceptors (Lipinski definition) is 3. The lowest BCUT2D eigenvalue weighted by Crippen LogP contribution is -2.09. The molecule has 0 aliphatic carbocycles. The summed E-state index contributed by atoms with van der Waals surface area (Å²) in [7, 11) is 0. The van der Waals surface area contributed by atoms with Gasteiger partial charge in [0.1, 0.15) is 5.75 Å². The molecule has 0 heterocycles. The van der Waals surface area contributed by atoms with E-state index in [9.17, 15) is 10.2 Å². The molecule has 0 amide bonds. The minimum Gasteiger partial charge on any atom is -0.513 e. The van der Waals surface area contributed by atoms with Crippen molar-refractivity contribution in [2.75, 3.05) is 6.61 Å². The van der Waals surface area contributed by atoms with Gasteiger partial charge in [0.25, 0.3) is 0 Å². The van der Waals surface area contributed by atoms with Gasteiger partial charge in [-0.05, 0) is 37.0 Å². The van der Waals surface area contributed by atoms with Crippen LogP contribution < -0.4 is 4.74 Å². The van der Waals surface area contributed by atoms with Gasteiger partial charge in [-0.15, -0.1) is 0 Å². The van der Waals surface area contributed by atoms with Gasteiger partial charge in [0.05, 0.1) is 18.5 Å². The van der Waals surface area contributed by atoms with Crippen LogP contribution in [-0.4, -0.2) is 22.9 Å². The fourth-order valence-electron chi connectivity index (χ4n) is 2.35. The third-order valence-corrected chi connectivity index (χ3v) is 3.69. The average molecular weight is 369 g/mol. The molecule has 0 aliphatic heterocycles. The number of ether oxygens (including phenoxy) is 1. The van der Waals surface area contributed by atoms with Crippen molar-refractivity contribution in [3.63, 3.8) is 0 Å². The summed E-state index contributed by atoms with van der Waals surface area (Å²) in [6.45, 7) is 6.05. The number of aliphatic hydroxyl groups excluding tert-OH is 2. The summed E-state index contributed by atoms with van der Waals surface area (Å²) < 4.78 is 5.66. The lowest BCUT2D eigenvalue weighted by atomic mass is 10.1. The molecule has 0 aliphatic rings. The first-order valence-electron chi connectivity index (χ1n) is 9.53. The van der Waals surface area contributed by atoms with Gasteiger partial charge in [0.2, 0.25) is 0 Å². The van der Waals surface area contributed by atoms with E-state index in [0.717, 1.165) is 30.6 Å². The quantitative estimate of drug-likeness (QED) is 0.199. The third-order valence-electron chi connectivity index (χ3n) is 3.69. The SMILES string of the molecule is C=C(O)Cc1cccc(OCC[C@H](O)/C=C/C=C\C=C\CC/C=C\CC)c1. The number of unbranched alkanes of at least 4 members (excludes halogenated alkanes) is 1. The van der Waals surface area contributed by atoms with E-state index in [4.69, 9.17) is 4.74 Å². The van der Waals surface area contributed by atoms with Crippen LogP contribution in [0.2, 0.25) is 0 Å². The fourth-order valence-corrected chi connectivity index (χ4v) is 2.35. The van der Waals surface area contributed by atoms with E-state index >= 15 is 0 Å². The van der Waals surface area contributed by atoms with E-state index in [1.165, 1.54) is 0 Å². The molecular formula is C24H32O3. The van der Waals surface area contributed by atoms with Crippen LogP contribution >= 0.6 is 0 Å². The summed E-state index contributed by atoms with van der Waals surface area (Å²) in [4.78, 5) is 0. The van der Waals surface area contributed by atoms with Crippen molar-refractivity contribution in [2.24, 2.45) is 0 Å². The molecule has 0 spiro atoms. The predicted molar refractivity (Wildman–Crippen MR) is 114 cm³/mol. The summed E-state index contributed by atoms with van der Waals surface area (Å²) in [5, 5.41) is 19.2. The second-order valence-corrected chi connectivity index (χ2v) is 6.25. The van der Waals surface area contributed by atoms with Crippen molar-refractivity contribution in [3.8, 4) is 5.75 Å². The van der Waals surface area contributed by atoms with Gasteiger partial charge in [-0.1, -0.05) is 74.2 Å². The molecule has 2 N–H and O–H groups in total. The molecule has 0 fully saturated rings. The van der Waals surface area contributed by atoms with Gasteiger partial charge in [0, 0.05) is 12.8 Å². The Bertz CT molecular complexity index is 653. The number of hydrogen-bond donors (Lipinski definition) is 2. The predicted octanol–water partition coefficient (Wildman–Crippen LogP) is 5.85. The van der Waals surface area contributed by atoms with Crippen molar-refractivity contribution in [1.82, 2.24) is 0 Å². The Labute approximate surface area is 163 Å². The highest BCUT2D eigenvalue weighted by atomic mass is 16.5. The van der Waals surface area contributed by atoms with Crippen LogP contribution in [0.4, 0.5) is 0 Å². The first-order chi connectivity index (χ1) is 13.1. The summed E-state index contributed by atoms with van der Waals surface area (Å²) >= 11 is 0. The van der Waals surface area contributed by atoms with E-state index in [1.54, 1.807) is 6.08 Å². The first kappa shape index (κ1) is 22.5. The Morgan fingerprint density at radius 3 is 2.67 bits per heavy atom. The Morgan fingerprint density at radius 2 is 1.89 bits per heavy atom. The summed E-state index contributed by atoms with van der Waals surface area (Å²) in [5.74, 6) is 0.854. The maximum absolute atomic E-state index is 9.95. The van der Waals surface area contributed by atoms with Crippen LogP contribution in [0.5, 0.6) is 5.75 Å². The van der Waals surface area contributed by atoms with E-state index in [1.807, 2.05) is 48.6 Å². The van der Waals surface area contributed by atoms with Gasteiger partial charge >= 0.3 is 0 Å². The van der Waals surface area contributed by atoms with Crippen LogP contribution in [0, 0.1) is 0 Å². The maximum Gasteiger partial charge on any atom is 0.119 e. The highest BCUT2D eigenvalue weighted by Gasteiger charge is 2.01. The van der Waals surface area contributed by atoms with Gasteiger partial charge in [-0.2, -0.15) is 0 Å². The minimum absolute atomic E-state index is 0.129. The average Bonchev–Trinajstić information content (AvgIpc) is 2.63. The number of rotatable bonds is 13. The van der Waals surface area contributed by atoms with E-state index in [2.05, 4.69) is 31.7 Å². The maximum atomic E-state index is 9.95. The summed E-state index contributed by atoms with van der Waals surface area (Å²) in [6.07, 6.45) is 19.6. The van der Waals surface area contributed by atoms with Crippen molar-refractivity contribution in [3.05, 3.63) is 90.8 Å². The van der Waals surface area contributed by atoms with Gasteiger partial charge in [-0.3, -0.25) is 0 Å². The molecular weight excluding hydrogens is 336 g/mol. The monoisotopic (exact) mass is 368 g/mol. The largest absolute Gasteiger partial charge is 0.513 e. The van der Waals surface area contributed by atoms with Crippen LogP contribution in [0.25, 0.3) is 0 Å². The van der Waals surface area contributed by atoms with Crippen molar-refractivity contribution < 1.29 is 14.9 Å². The van der Waals surface area contributed by atoms with Gasteiger partial charge in [0.15, 0.2) is 0 Å². The Balaban J connectivity index is 2.23. The minimum atomic E-state index is -0.543. The molecule has 0 unspecified atom stereocenters. The fraction of sp³-hybridized carbons (Fsp3) is 0.333. The molecule has 0 radical (unpaired) electrons. The van der Waals surface area contributed by atoms with Gasteiger partial charge in [-0.25, -0.2) is 0 Å². The molecule has 27 heavy (non-hydrogen) atoms. The molecule has 0 saturated heterocycles. The zero-order chi connectivity index (χ0) is 19.7. The molecule has 146 valence electrons. The Kier molecular flexibility index (Phi) is 12.2. The first-order valence-corrected chi connectivity index (χ1v) is 9.53. The highest BCUT2D eigenvalue weighted by molar-refractivity contribution is 5.30. The normalized spacial score (nSPS) is 13.3. The van der Waals surface area contributed by atoms with Crippen molar-refractivity contribution in [1.29, 1.82) is 0 Å². The molecule has 1 atom stereocenters. The van der Waals surface area contributed by atoms with Crippen LogP contribution in [0.15, 0.2) is 85.2 Å². The van der Waals surface area contributed by atoms with Gasteiger partial charge < -0.3 is 14.9 Å². The number of aliphatic hydroxyl groups is 2. The molecule has 1 aromatic rings. The molecule has 0 bridgehead atoms. The van der Waals surface area contributed by atoms with E-state index < -0.39 is 6.10 Å². The standard InChI is InChI=1S/C24H32O3/c1-3-4-5-6-7-8-9-10-11-12-15-23(26)17-18-27-24-16-13-14-22(20-24)19-21(2)25/h4-5,8-16,20,23,25-26H,2-3,6-7,17-19H2,1H3/b5-4-,9-8+,11-10-,15-12+/t23-/m1/s1. The number of benzene rings is 1. The molecule has 0 saturated carbocycles. The van der Waals surface area contributed by atoms with Crippen molar-refractivity contribution >= 4 is 0 Å². The summed E-state index contributed by atoms with van der Waals surface area (Å²) in [5.41, 5.74) is 0.944. The third kappa shape index (κ3) is 12.5. The molecule has 1 aromatic carbocycles. The van der Waals surface area contributed by atoms with E-state index in [0.29, 0.717) is 19.4 Å². The second-order valence-electron chi connectivity index (χ2n) is 6.25. The zero-order valence-electron chi connectivity index (χ0n) is 16.3. The van der Waals surface area contributed by atoms with Crippen LogP contribution in [0.1, 0.15) is 38.2 Å².